The van der Waals surface area contributed by atoms with E-state index in [1.165, 1.54) is 6.07 Å². The standard InChI is InChI=1S/C8H8F2N2O/c9-5-2-1-4(3-11)7(10)6(5)8(12)13/h1-2H,3,11H2,(H2,12,13). The summed E-state index contributed by atoms with van der Waals surface area (Å²) in [5.41, 5.74) is 9.27. The van der Waals surface area contributed by atoms with Crippen molar-refractivity contribution in [3.05, 3.63) is 34.9 Å². The summed E-state index contributed by atoms with van der Waals surface area (Å²) >= 11 is 0. The fraction of sp³-hybridized carbons (Fsp3) is 0.125. The smallest absolute Gasteiger partial charge is 0.254 e. The Kier molecular flexibility index (Phi) is 2.57. The molecule has 0 aromatic heterocycles. The van der Waals surface area contributed by atoms with E-state index in [-0.39, 0.29) is 12.1 Å². The normalized spacial score (nSPS) is 10.1. The zero-order chi connectivity index (χ0) is 10.0. The van der Waals surface area contributed by atoms with Crippen LogP contribution in [0.1, 0.15) is 15.9 Å². The minimum Gasteiger partial charge on any atom is -0.365 e. The first kappa shape index (κ1) is 9.60. The topological polar surface area (TPSA) is 69.1 Å². The monoisotopic (exact) mass is 186 g/mol. The van der Waals surface area contributed by atoms with Gasteiger partial charge in [0, 0.05) is 12.1 Å². The van der Waals surface area contributed by atoms with Crippen LogP contribution in [-0.4, -0.2) is 5.91 Å². The quantitative estimate of drug-likeness (QED) is 0.707. The number of primary amides is 1. The maximum atomic E-state index is 13.2. The van der Waals surface area contributed by atoms with E-state index in [0.29, 0.717) is 0 Å². The third kappa shape index (κ3) is 1.65. The van der Waals surface area contributed by atoms with Crippen molar-refractivity contribution in [3.63, 3.8) is 0 Å². The number of amides is 1. The minimum atomic E-state index is -1.13. The second-order valence-corrected chi connectivity index (χ2v) is 2.46. The van der Waals surface area contributed by atoms with E-state index in [0.717, 1.165) is 6.07 Å². The minimum absolute atomic E-state index is 0.0650. The number of hydrogen-bond donors (Lipinski definition) is 2. The number of halogens is 2. The molecule has 0 aliphatic heterocycles. The van der Waals surface area contributed by atoms with Crippen LogP contribution in [0.2, 0.25) is 0 Å². The molecule has 4 N–H and O–H groups in total. The van der Waals surface area contributed by atoms with Crippen molar-refractivity contribution in [2.45, 2.75) is 6.54 Å². The van der Waals surface area contributed by atoms with Gasteiger partial charge in [-0.15, -0.1) is 0 Å². The Morgan fingerprint density at radius 1 is 1.38 bits per heavy atom. The zero-order valence-corrected chi connectivity index (χ0v) is 6.68. The molecule has 0 saturated carbocycles. The van der Waals surface area contributed by atoms with E-state index in [9.17, 15) is 13.6 Å². The molecule has 0 bridgehead atoms. The number of carbonyl (C=O) groups excluding carboxylic acids is 1. The number of carbonyl (C=O) groups is 1. The van der Waals surface area contributed by atoms with Crippen LogP contribution in [0.5, 0.6) is 0 Å². The molecule has 1 rings (SSSR count). The van der Waals surface area contributed by atoms with Gasteiger partial charge >= 0.3 is 0 Å². The fourth-order valence-electron chi connectivity index (χ4n) is 0.979. The van der Waals surface area contributed by atoms with Crippen LogP contribution in [-0.2, 0) is 6.54 Å². The summed E-state index contributed by atoms with van der Waals surface area (Å²) < 4.78 is 26.0. The molecular weight excluding hydrogens is 178 g/mol. The zero-order valence-electron chi connectivity index (χ0n) is 6.68. The highest BCUT2D eigenvalue weighted by molar-refractivity contribution is 5.93. The number of nitrogens with two attached hydrogens (primary N) is 2. The van der Waals surface area contributed by atoms with E-state index in [1.54, 1.807) is 0 Å². The van der Waals surface area contributed by atoms with Gasteiger partial charge in [-0.25, -0.2) is 8.78 Å². The summed E-state index contributed by atoms with van der Waals surface area (Å²) in [6, 6.07) is 2.14. The Labute approximate surface area is 73.3 Å². The molecule has 0 radical (unpaired) electrons. The molecule has 0 heterocycles. The Morgan fingerprint density at radius 3 is 2.46 bits per heavy atom. The van der Waals surface area contributed by atoms with Crippen LogP contribution in [0.3, 0.4) is 0 Å². The van der Waals surface area contributed by atoms with Gasteiger partial charge < -0.3 is 11.5 Å². The van der Waals surface area contributed by atoms with E-state index < -0.39 is 23.1 Å². The van der Waals surface area contributed by atoms with Crippen molar-refractivity contribution in [2.75, 3.05) is 0 Å². The highest BCUT2D eigenvalue weighted by Gasteiger charge is 2.16. The summed E-state index contributed by atoms with van der Waals surface area (Å²) in [4.78, 5) is 10.6. The van der Waals surface area contributed by atoms with Crippen LogP contribution in [0, 0.1) is 11.6 Å². The van der Waals surface area contributed by atoms with Crippen molar-refractivity contribution in [3.8, 4) is 0 Å². The van der Waals surface area contributed by atoms with E-state index >= 15 is 0 Å². The SMILES string of the molecule is NCc1ccc(F)c(C(N)=O)c1F. The summed E-state index contributed by atoms with van der Waals surface area (Å²) in [5.74, 6) is -3.08. The number of benzene rings is 1. The van der Waals surface area contributed by atoms with Crippen molar-refractivity contribution < 1.29 is 13.6 Å². The van der Waals surface area contributed by atoms with E-state index in [2.05, 4.69) is 0 Å². The molecule has 1 aromatic carbocycles. The molecule has 0 saturated heterocycles. The van der Waals surface area contributed by atoms with Crippen LogP contribution in [0.15, 0.2) is 12.1 Å². The van der Waals surface area contributed by atoms with Crippen molar-refractivity contribution in [2.24, 2.45) is 11.5 Å². The summed E-state index contributed by atoms with van der Waals surface area (Å²) in [6.45, 7) is -0.105. The molecule has 0 aliphatic rings. The van der Waals surface area contributed by atoms with Gasteiger partial charge in [0.25, 0.3) is 5.91 Å². The molecule has 1 amide bonds. The third-order valence-corrected chi connectivity index (χ3v) is 1.64. The first-order chi connectivity index (χ1) is 6.07. The van der Waals surface area contributed by atoms with Crippen LogP contribution < -0.4 is 11.5 Å². The molecule has 1 aromatic rings. The average Bonchev–Trinajstić information content (AvgIpc) is 2.04. The van der Waals surface area contributed by atoms with Gasteiger partial charge in [0.15, 0.2) is 0 Å². The number of hydrogen-bond acceptors (Lipinski definition) is 2. The Balaban J connectivity index is 3.38. The van der Waals surface area contributed by atoms with Crippen molar-refractivity contribution >= 4 is 5.91 Å². The lowest BCUT2D eigenvalue weighted by molar-refractivity contribution is 0.0992. The second-order valence-electron chi connectivity index (χ2n) is 2.46. The van der Waals surface area contributed by atoms with Crippen LogP contribution in [0.4, 0.5) is 8.78 Å². The summed E-state index contributed by atoms with van der Waals surface area (Å²) in [7, 11) is 0. The molecule has 70 valence electrons. The van der Waals surface area contributed by atoms with E-state index in [1.807, 2.05) is 0 Å². The molecule has 13 heavy (non-hydrogen) atoms. The number of rotatable bonds is 2. The van der Waals surface area contributed by atoms with Gasteiger partial charge in [0.1, 0.15) is 17.2 Å². The molecule has 5 heteroatoms. The Morgan fingerprint density at radius 2 is 2.00 bits per heavy atom. The third-order valence-electron chi connectivity index (χ3n) is 1.64. The lowest BCUT2D eigenvalue weighted by atomic mass is 10.1. The predicted octanol–water partition coefficient (Wildman–Crippen LogP) is 0.522. The highest BCUT2D eigenvalue weighted by atomic mass is 19.1. The van der Waals surface area contributed by atoms with Gasteiger partial charge in [0.2, 0.25) is 0 Å². The van der Waals surface area contributed by atoms with Gasteiger partial charge in [-0.1, -0.05) is 6.07 Å². The fourth-order valence-corrected chi connectivity index (χ4v) is 0.979. The predicted molar refractivity (Wildman–Crippen MR) is 42.8 cm³/mol. The molecule has 0 atom stereocenters. The van der Waals surface area contributed by atoms with Gasteiger partial charge in [-0.2, -0.15) is 0 Å². The summed E-state index contributed by atoms with van der Waals surface area (Å²) in [6.07, 6.45) is 0. The van der Waals surface area contributed by atoms with Crippen LogP contribution in [0.25, 0.3) is 0 Å². The first-order valence-electron chi connectivity index (χ1n) is 3.54. The molecule has 3 nitrogen and oxygen atoms in total. The second kappa shape index (κ2) is 3.49. The summed E-state index contributed by atoms with van der Waals surface area (Å²) in [5, 5.41) is 0. The molecule has 0 spiro atoms. The highest BCUT2D eigenvalue weighted by Crippen LogP contribution is 2.15. The van der Waals surface area contributed by atoms with Crippen molar-refractivity contribution in [1.82, 2.24) is 0 Å². The maximum absolute atomic E-state index is 13.2. The van der Waals surface area contributed by atoms with Gasteiger partial charge in [0.05, 0.1) is 0 Å². The molecular formula is C8H8F2N2O. The molecule has 0 unspecified atom stereocenters. The van der Waals surface area contributed by atoms with Gasteiger partial charge in [-0.05, 0) is 6.07 Å². The first-order valence-corrected chi connectivity index (χ1v) is 3.54. The lowest BCUT2D eigenvalue weighted by Crippen LogP contribution is -2.17. The largest absolute Gasteiger partial charge is 0.365 e. The average molecular weight is 186 g/mol. The van der Waals surface area contributed by atoms with Crippen molar-refractivity contribution in [1.29, 1.82) is 0 Å². The molecule has 0 aliphatic carbocycles. The van der Waals surface area contributed by atoms with Gasteiger partial charge in [-0.3, -0.25) is 4.79 Å². The lowest BCUT2D eigenvalue weighted by Gasteiger charge is -2.04. The van der Waals surface area contributed by atoms with E-state index in [4.69, 9.17) is 11.5 Å². The molecule has 0 fully saturated rings. The Bertz CT molecular complexity index is 352. The Hall–Kier alpha value is -1.49. The maximum Gasteiger partial charge on any atom is 0.254 e. The van der Waals surface area contributed by atoms with Crippen LogP contribution >= 0.6 is 0 Å².